The molecular weight excluding hydrogens is 280 g/mol. The van der Waals surface area contributed by atoms with Crippen LogP contribution in [0, 0.1) is 5.41 Å². The summed E-state index contributed by atoms with van der Waals surface area (Å²) >= 11 is 0. The molecule has 0 unspecified atom stereocenters. The third kappa shape index (κ3) is 5.93. The van der Waals surface area contributed by atoms with Gasteiger partial charge in [0.25, 0.3) is 0 Å². The minimum absolute atomic E-state index is 0.0418. The van der Waals surface area contributed by atoms with Crippen LogP contribution in [0.1, 0.15) is 52.4 Å². The number of carboxylic acids is 2. The van der Waals surface area contributed by atoms with Crippen LogP contribution in [0.2, 0.25) is 0 Å². The fourth-order valence-electron chi connectivity index (χ4n) is 2.10. The number of carbonyl (C=O) groups excluding carboxylic acids is 2. The quantitative estimate of drug-likeness (QED) is 0.440. The number of carbonyl (C=O) groups is 4. The SMILES string of the molecule is CCCC(=O)C(CCC(=O)O)(CCC(=O)O)C(=O)OCC. The van der Waals surface area contributed by atoms with E-state index in [1.807, 2.05) is 0 Å². The topological polar surface area (TPSA) is 118 Å². The van der Waals surface area contributed by atoms with Gasteiger partial charge in [-0.25, -0.2) is 0 Å². The first-order chi connectivity index (χ1) is 9.80. The van der Waals surface area contributed by atoms with E-state index in [0.717, 1.165) is 0 Å². The third-order valence-corrected chi connectivity index (χ3v) is 3.21. The molecule has 0 atom stereocenters. The third-order valence-electron chi connectivity index (χ3n) is 3.21. The molecule has 0 aromatic carbocycles. The fraction of sp³-hybridized carbons (Fsp3) is 0.714. The van der Waals surface area contributed by atoms with Crippen LogP contribution >= 0.6 is 0 Å². The Kier molecular flexibility index (Phi) is 8.26. The van der Waals surface area contributed by atoms with Crippen molar-refractivity contribution in [2.75, 3.05) is 6.61 Å². The zero-order valence-corrected chi connectivity index (χ0v) is 12.4. The van der Waals surface area contributed by atoms with Crippen molar-refractivity contribution in [2.45, 2.75) is 52.4 Å². The van der Waals surface area contributed by atoms with E-state index in [9.17, 15) is 19.2 Å². The number of ketones is 1. The first-order valence-corrected chi connectivity index (χ1v) is 6.94. The summed E-state index contributed by atoms with van der Waals surface area (Å²) < 4.78 is 4.89. The second-order valence-electron chi connectivity index (χ2n) is 4.76. The lowest BCUT2D eigenvalue weighted by molar-refractivity contribution is -0.162. The highest BCUT2D eigenvalue weighted by Gasteiger charge is 2.46. The van der Waals surface area contributed by atoms with Gasteiger partial charge in [0.2, 0.25) is 0 Å². The van der Waals surface area contributed by atoms with Gasteiger partial charge in [-0.05, 0) is 26.2 Å². The molecule has 0 rings (SSSR count). The molecule has 0 heterocycles. The minimum atomic E-state index is -1.68. The number of aliphatic carboxylic acids is 2. The highest BCUT2D eigenvalue weighted by Crippen LogP contribution is 2.34. The van der Waals surface area contributed by atoms with Crippen molar-refractivity contribution in [3.05, 3.63) is 0 Å². The molecule has 0 saturated carbocycles. The maximum absolute atomic E-state index is 12.3. The smallest absolute Gasteiger partial charge is 0.319 e. The molecule has 0 fully saturated rings. The van der Waals surface area contributed by atoms with Crippen LogP contribution in [-0.4, -0.2) is 40.5 Å². The van der Waals surface area contributed by atoms with Gasteiger partial charge in [-0.1, -0.05) is 6.92 Å². The summed E-state index contributed by atoms with van der Waals surface area (Å²) in [6.45, 7) is 3.36. The lowest BCUT2D eigenvalue weighted by atomic mass is 9.74. The zero-order chi connectivity index (χ0) is 16.5. The van der Waals surface area contributed by atoms with E-state index in [4.69, 9.17) is 14.9 Å². The van der Waals surface area contributed by atoms with Crippen LogP contribution in [-0.2, 0) is 23.9 Å². The Morgan fingerprint density at radius 3 is 1.71 bits per heavy atom. The van der Waals surface area contributed by atoms with Gasteiger partial charge in [0.15, 0.2) is 0 Å². The molecule has 0 spiro atoms. The molecular formula is C14H22O7. The van der Waals surface area contributed by atoms with Crippen molar-refractivity contribution in [1.82, 2.24) is 0 Å². The van der Waals surface area contributed by atoms with Crippen LogP contribution in [0.4, 0.5) is 0 Å². The molecule has 21 heavy (non-hydrogen) atoms. The normalized spacial score (nSPS) is 11.0. The fourth-order valence-corrected chi connectivity index (χ4v) is 2.10. The lowest BCUT2D eigenvalue weighted by Gasteiger charge is -2.29. The van der Waals surface area contributed by atoms with Gasteiger partial charge in [0, 0.05) is 19.3 Å². The Bertz CT molecular complexity index is 362. The highest BCUT2D eigenvalue weighted by molar-refractivity contribution is 6.04. The van der Waals surface area contributed by atoms with E-state index in [1.54, 1.807) is 13.8 Å². The molecule has 0 aliphatic rings. The second-order valence-corrected chi connectivity index (χ2v) is 4.76. The molecule has 0 aromatic heterocycles. The Labute approximate surface area is 123 Å². The van der Waals surface area contributed by atoms with E-state index in [0.29, 0.717) is 6.42 Å². The first-order valence-electron chi connectivity index (χ1n) is 6.94. The average molecular weight is 302 g/mol. The monoisotopic (exact) mass is 302 g/mol. The summed E-state index contributed by atoms with van der Waals surface area (Å²) in [5, 5.41) is 17.6. The molecule has 0 bridgehead atoms. The number of hydrogen-bond acceptors (Lipinski definition) is 5. The van der Waals surface area contributed by atoms with E-state index in [1.165, 1.54) is 0 Å². The highest BCUT2D eigenvalue weighted by atomic mass is 16.5. The van der Waals surface area contributed by atoms with Crippen LogP contribution < -0.4 is 0 Å². The predicted octanol–water partition coefficient (Wildman–Crippen LogP) is 1.63. The summed E-state index contributed by atoms with van der Waals surface area (Å²) in [6, 6.07) is 0. The van der Waals surface area contributed by atoms with Crippen molar-refractivity contribution in [2.24, 2.45) is 5.41 Å². The van der Waals surface area contributed by atoms with Gasteiger partial charge < -0.3 is 14.9 Å². The number of esters is 1. The zero-order valence-electron chi connectivity index (χ0n) is 12.4. The molecule has 7 heteroatoms. The predicted molar refractivity (Wildman–Crippen MR) is 72.7 cm³/mol. The summed E-state index contributed by atoms with van der Waals surface area (Å²) in [4.78, 5) is 46.0. The van der Waals surface area contributed by atoms with Gasteiger partial charge in [-0.2, -0.15) is 0 Å². The molecule has 0 aliphatic carbocycles. The van der Waals surface area contributed by atoms with E-state index in [-0.39, 0.29) is 25.9 Å². The molecule has 120 valence electrons. The number of carboxylic acid groups (broad SMARTS) is 2. The van der Waals surface area contributed by atoms with Gasteiger partial charge in [-0.15, -0.1) is 0 Å². The Hall–Kier alpha value is -1.92. The summed E-state index contributed by atoms with van der Waals surface area (Å²) in [7, 11) is 0. The van der Waals surface area contributed by atoms with Gasteiger partial charge in [0.1, 0.15) is 11.2 Å². The molecule has 0 radical (unpaired) electrons. The molecule has 0 aliphatic heterocycles. The van der Waals surface area contributed by atoms with Crippen molar-refractivity contribution in [3.63, 3.8) is 0 Å². The van der Waals surface area contributed by atoms with Crippen molar-refractivity contribution < 1.29 is 34.1 Å². The number of hydrogen-bond donors (Lipinski definition) is 2. The number of ether oxygens (including phenoxy) is 1. The molecule has 0 amide bonds. The van der Waals surface area contributed by atoms with Crippen LogP contribution in [0.5, 0.6) is 0 Å². The van der Waals surface area contributed by atoms with Crippen LogP contribution in [0.3, 0.4) is 0 Å². The van der Waals surface area contributed by atoms with Gasteiger partial charge in [-0.3, -0.25) is 19.2 Å². The molecule has 0 aromatic rings. The first kappa shape index (κ1) is 19.1. The standard InChI is InChI=1S/C14H22O7/c1-3-5-10(15)14(8-6-11(16)17,9-7-12(18)19)13(20)21-4-2/h3-9H2,1-2H3,(H,16,17)(H,18,19). The molecule has 2 N–H and O–H groups in total. The van der Waals surface area contributed by atoms with Crippen molar-refractivity contribution in [3.8, 4) is 0 Å². The van der Waals surface area contributed by atoms with Gasteiger partial charge >= 0.3 is 17.9 Å². The summed E-state index contributed by atoms with van der Waals surface area (Å²) in [6.07, 6.45) is -0.708. The lowest BCUT2D eigenvalue weighted by Crippen LogP contribution is -2.41. The number of rotatable bonds is 11. The van der Waals surface area contributed by atoms with E-state index < -0.39 is 41.9 Å². The largest absolute Gasteiger partial charge is 0.481 e. The van der Waals surface area contributed by atoms with Crippen molar-refractivity contribution >= 4 is 23.7 Å². The minimum Gasteiger partial charge on any atom is -0.481 e. The molecule has 7 nitrogen and oxygen atoms in total. The van der Waals surface area contributed by atoms with E-state index >= 15 is 0 Å². The van der Waals surface area contributed by atoms with Crippen LogP contribution in [0.25, 0.3) is 0 Å². The second kappa shape index (κ2) is 9.10. The number of Topliss-reactive ketones (excluding diaryl/α,β-unsaturated/α-hetero) is 1. The van der Waals surface area contributed by atoms with Gasteiger partial charge in [0.05, 0.1) is 6.61 Å². The maximum Gasteiger partial charge on any atom is 0.319 e. The molecule has 0 saturated heterocycles. The summed E-state index contributed by atoms with van der Waals surface area (Å²) in [5.74, 6) is -3.58. The van der Waals surface area contributed by atoms with Crippen LogP contribution in [0.15, 0.2) is 0 Å². The summed E-state index contributed by atoms with van der Waals surface area (Å²) in [5.41, 5.74) is -1.68. The Balaban J connectivity index is 5.44. The Morgan fingerprint density at radius 2 is 1.38 bits per heavy atom. The average Bonchev–Trinajstić information content (AvgIpc) is 2.39. The van der Waals surface area contributed by atoms with Crippen molar-refractivity contribution in [1.29, 1.82) is 0 Å². The maximum atomic E-state index is 12.3. The van der Waals surface area contributed by atoms with E-state index in [2.05, 4.69) is 0 Å². The Morgan fingerprint density at radius 1 is 0.905 bits per heavy atom.